The molecule has 8 heteroatoms. The standard InChI is InChI=1S/C22H18N2O6/c25-18(14-7-9-15(10-8-14)23-11-3-6-19(23)26)13-30-20(27)12-24-21(28)16-4-1-2-5-17(16)22(24)29/h1-2,4-5,7-10H,3,6,11-13H2. The van der Waals surface area contributed by atoms with Gasteiger partial charge in [0.1, 0.15) is 6.54 Å². The summed E-state index contributed by atoms with van der Waals surface area (Å²) < 4.78 is 4.96. The van der Waals surface area contributed by atoms with Gasteiger partial charge in [-0.1, -0.05) is 12.1 Å². The summed E-state index contributed by atoms with van der Waals surface area (Å²) in [7, 11) is 0. The minimum Gasteiger partial charge on any atom is -0.456 e. The summed E-state index contributed by atoms with van der Waals surface area (Å²) in [5.41, 5.74) is 1.53. The zero-order valence-electron chi connectivity index (χ0n) is 16.0. The summed E-state index contributed by atoms with van der Waals surface area (Å²) in [5, 5.41) is 0. The van der Waals surface area contributed by atoms with Gasteiger partial charge in [-0.25, -0.2) is 0 Å². The number of hydrogen-bond donors (Lipinski definition) is 0. The molecule has 2 aromatic rings. The van der Waals surface area contributed by atoms with Gasteiger partial charge in [-0.05, 0) is 42.8 Å². The van der Waals surface area contributed by atoms with Crippen LogP contribution in [0.1, 0.15) is 43.9 Å². The Morgan fingerprint density at radius 2 is 1.53 bits per heavy atom. The van der Waals surface area contributed by atoms with Gasteiger partial charge in [0.15, 0.2) is 12.4 Å². The molecule has 30 heavy (non-hydrogen) atoms. The second-order valence-electron chi connectivity index (χ2n) is 7.02. The fourth-order valence-corrected chi connectivity index (χ4v) is 3.54. The highest BCUT2D eigenvalue weighted by molar-refractivity contribution is 6.22. The zero-order valence-corrected chi connectivity index (χ0v) is 16.0. The molecule has 0 aromatic heterocycles. The van der Waals surface area contributed by atoms with Crippen molar-refractivity contribution in [2.45, 2.75) is 12.8 Å². The van der Waals surface area contributed by atoms with Crippen LogP contribution in [0.4, 0.5) is 5.69 Å². The largest absolute Gasteiger partial charge is 0.456 e. The predicted octanol–water partition coefficient (Wildman–Crippen LogP) is 1.84. The first-order chi connectivity index (χ1) is 14.5. The molecule has 0 aliphatic carbocycles. The number of anilines is 1. The van der Waals surface area contributed by atoms with Gasteiger partial charge in [-0.15, -0.1) is 0 Å². The van der Waals surface area contributed by atoms with Gasteiger partial charge in [0.2, 0.25) is 5.91 Å². The third kappa shape index (κ3) is 3.59. The van der Waals surface area contributed by atoms with E-state index >= 15 is 0 Å². The van der Waals surface area contributed by atoms with Crippen molar-refractivity contribution in [1.82, 2.24) is 4.90 Å². The Kier molecular flexibility index (Phi) is 5.14. The molecule has 0 atom stereocenters. The number of nitrogens with zero attached hydrogens (tertiary/aromatic N) is 2. The maximum atomic E-state index is 12.3. The average Bonchev–Trinajstić information content (AvgIpc) is 3.29. The van der Waals surface area contributed by atoms with Crippen molar-refractivity contribution in [3.63, 3.8) is 0 Å². The monoisotopic (exact) mass is 406 g/mol. The van der Waals surface area contributed by atoms with Crippen LogP contribution in [0.3, 0.4) is 0 Å². The SMILES string of the molecule is O=C(CN1C(=O)c2ccccc2C1=O)OCC(=O)c1ccc(N2CCCC2=O)cc1. The summed E-state index contributed by atoms with van der Waals surface area (Å²) in [4.78, 5) is 63.1. The molecular weight excluding hydrogens is 388 g/mol. The van der Waals surface area contributed by atoms with Crippen LogP contribution in [0.25, 0.3) is 0 Å². The van der Waals surface area contributed by atoms with Crippen molar-refractivity contribution < 1.29 is 28.7 Å². The molecule has 0 spiro atoms. The number of hydrogen-bond acceptors (Lipinski definition) is 6. The van der Waals surface area contributed by atoms with Crippen molar-refractivity contribution >= 4 is 35.2 Å². The summed E-state index contributed by atoms with van der Waals surface area (Å²) in [6, 6.07) is 12.8. The van der Waals surface area contributed by atoms with Crippen LogP contribution >= 0.6 is 0 Å². The molecule has 2 aromatic carbocycles. The topological polar surface area (TPSA) is 101 Å². The van der Waals surface area contributed by atoms with Crippen molar-refractivity contribution in [2.75, 3.05) is 24.6 Å². The lowest BCUT2D eigenvalue weighted by Gasteiger charge is -2.16. The van der Waals surface area contributed by atoms with E-state index in [1.165, 1.54) is 12.1 Å². The Hall–Kier alpha value is -3.81. The van der Waals surface area contributed by atoms with Crippen LogP contribution in [0.2, 0.25) is 0 Å². The molecule has 152 valence electrons. The summed E-state index contributed by atoms with van der Waals surface area (Å²) in [5.74, 6) is -2.35. The fraction of sp³-hybridized carbons (Fsp3) is 0.227. The molecular formula is C22H18N2O6. The molecule has 0 radical (unpaired) electrons. The Labute approximate surface area is 172 Å². The molecule has 1 fully saturated rings. The quantitative estimate of drug-likeness (QED) is 0.412. The molecule has 3 amide bonds. The molecule has 0 bridgehead atoms. The van der Waals surface area contributed by atoms with Crippen LogP contribution in [-0.2, 0) is 14.3 Å². The van der Waals surface area contributed by atoms with E-state index in [0.717, 1.165) is 17.0 Å². The van der Waals surface area contributed by atoms with Gasteiger partial charge in [-0.2, -0.15) is 0 Å². The first-order valence-electron chi connectivity index (χ1n) is 9.50. The maximum Gasteiger partial charge on any atom is 0.326 e. The molecule has 8 nitrogen and oxygen atoms in total. The number of ketones is 1. The fourth-order valence-electron chi connectivity index (χ4n) is 3.54. The molecule has 2 aliphatic rings. The van der Waals surface area contributed by atoms with Crippen molar-refractivity contribution in [2.24, 2.45) is 0 Å². The van der Waals surface area contributed by atoms with Crippen molar-refractivity contribution in [1.29, 1.82) is 0 Å². The second-order valence-corrected chi connectivity index (χ2v) is 7.02. The summed E-state index contributed by atoms with van der Waals surface area (Å²) in [6.07, 6.45) is 1.33. The predicted molar refractivity (Wildman–Crippen MR) is 105 cm³/mol. The number of imide groups is 1. The maximum absolute atomic E-state index is 12.3. The smallest absolute Gasteiger partial charge is 0.326 e. The van der Waals surface area contributed by atoms with Crippen molar-refractivity contribution in [3.05, 3.63) is 65.2 Å². The minimum absolute atomic E-state index is 0.0520. The van der Waals surface area contributed by atoms with Crippen LogP contribution in [0, 0.1) is 0 Å². The lowest BCUT2D eigenvalue weighted by atomic mass is 10.1. The number of carbonyl (C=O) groups is 5. The molecule has 0 unspecified atom stereocenters. The van der Waals surface area contributed by atoms with E-state index in [4.69, 9.17) is 4.74 Å². The number of fused-ring (bicyclic) bond motifs is 1. The number of Topliss-reactive ketones (excluding diaryl/α,β-unsaturated/α-hetero) is 1. The zero-order chi connectivity index (χ0) is 21.3. The first kappa shape index (κ1) is 19.5. The number of esters is 1. The third-order valence-corrected chi connectivity index (χ3v) is 5.10. The normalized spacial score (nSPS) is 15.5. The molecule has 2 aliphatic heterocycles. The molecule has 4 rings (SSSR count). The highest BCUT2D eigenvalue weighted by Gasteiger charge is 2.36. The molecule has 0 saturated carbocycles. The highest BCUT2D eigenvalue weighted by Crippen LogP contribution is 2.23. The van der Waals surface area contributed by atoms with Gasteiger partial charge in [-0.3, -0.25) is 28.9 Å². The summed E-state index contributed by atoms with van der Waals surface area (Å²) in [6.45, 7) is -0.415. The highest BCUT2D eigenvalue weighted by atomic mass is 16.5. The van der Waals surface area contributed by atoms with Crippen LogP contribution in [0.5, 0.6) is 0 Å². The average molecular weight is 406 g/mol. The van der Waals surface area contributed by atoms with E-state index in [2.05, 4.69) is 0 Å². The van der Waals surface area contributed by atoms with E-state index in [-0.39, 0.29) is 17.0 Å². The van der Waals surface area contributed by atoms with Gasteiger partial charge < -0.3 is 9.64 Å². The van der Waals surface area contributed by atoms with Crippen LogP contribution < -0.4 is 4.90 Å². The lowest BCUT2D eigenvalue weighted by Crippen LogP contribution is -2.36. The molecule has 2 heterocycles. The number of ether oxygens (including phenoxy) is 1. The van der Waals surface area contributed by atoms with E-state index < -0.39 is 36.7 Å². The number of benzene rings is 2. The van der Waals surface area contributed by atoms with E-state index in [1.54, 1.807) is 41.3 Å². The minimum atomic E-state index is -0.850. The van der Waals surface area contributed by atoms with Crippen LogP contribution in [0.15, 0.2) is 48.5 Å². The third-order valence-electron chi connectivity index (χ3n) is 5.10. The second kappa shape index (κ2) is 7.90. The van der Waals surface area contributed by atoms with Gasteiger partial charge in [0.25, 0.3) is 11.8 Å². The first-order valence-corrected chi connectivity index (χ1v) is 9.50. The van der Waals surface area contributed by atoms with Crippen molar-refractivity contribution in [3.8, 4) is 0 Å². The van der Waals surface area contributed by atoms with E-state index in [9.17, 15) is 24.0 Å². The summed E-state index contributed by atoms with van der Waals surface area (Å²) >= 11 is 0. The number of rotatable bonds is 6. The number of carbonyl (C=O) groups excluding carboxylic acids is 5. The Bertz CT molecular complexity index is 1020. The Morgan fingerprint density at radius 1 is 0.900 bits per heavy atom. The van der Waals surface area contributed by atoms with Gasteiger partial charge in [0.05, 0.1) is 11.1 Å². The van der Waals surface area contributed by atoms with E-state index in [0.29, 0.717) is 18.5 Å². The van der Waals surface area contributed by atoms with Crippen LogP contribution in [-0.4, -0.2) is 54.1 Å². The Balaban J connectivity index is 1.32. The van der Waals surface area contributed by atoms with Gasteiger partial charge in [0, 0.05) is 24.2 Å². The van der Waals surface area contributed by atoms with E-state index in [1.807, 2.05) is 0 Å². The lowest BCUT2D eigenvalue weighted by molar-refractivity contribution is -0.142. The number of amides is 3. The Morgan fingerprint density at radius 3 is 2.10 bits per heavy atom. The molecule has 0 N–H and O–H groups in total. The van der Waals surface area contributed by atoms with Gasteiger partial charge >= 0.3 is 5.97 Å². The molecule has 1 saturated heterocycles.